The first-order valence-corrected chi connectivity index (χ1v) is 6.48. The second-order valence-electron chi connectivity index (χ2n) is 4.83. The summed E-state index contributed by atoms with van der Waals surface area (Å²) in [6.45, 7) is 2.00. The van der Waals surface area contributed by atoms with Crippen molar-refractivity contribution in [1.29, 1.82) is 0 Å². The number of aryl methyl sites for hydroxylation is 1. The topological polar surface area (TPSA) is 78.4 Å². The highest BCUT2D eigenvalue weighted by Crippen LogP contribution is 2.32. The van der Waals surface area contributed by atoms with Gasteiger partial charge in [-0.1, -0.05) is 25.1 Å². The van der Waals surface area contributed by atoms with Crippen molar-refractivity contribution in [3.8, 4) is 0 Å². The predicted molar refractivity (Wildman–Crippen MR) is 72.2 cm³/mol. The molecular weight excluding hydrogens is 244 g/mol. The van der Waals surface area contributed by atoms with E-state index in [-0.39, 0.29) is 0 Å². The minimum absolute atomic E-state index is 0.456. The highest BCUT2D eigenvalue weighted by atomic mass is 16.4. The number of nitrogens with one attached hydrogen (secondary N) is 2. The number of carboxylic acid groups (broad SMARTS) is 1. The fourth-order valence-electron chi connectivity index (χ4n) is 2.24. The van der Waals surface area contributed by atoms with Crippen molar-refractivity contribution in [3.63, 3.8) is 0 Å². The first kappa shape index (κ1) is 13.4. The van der Waals surface area contributed by atoms with Crippen LogP contribution in [0.25, 0.3) is 0 Å². The predicted octanol–water partition coefficient (Wildman–Crippen LogP) is 2.38. The molecule has 0 atom stereocenters. The van der Waals surface area contributed by atoms with Crippen LogP contribution in [0.1, 0.15) is 31.7 Å². The second-order valence-corrected chi connectivity index (χ2v) is 4.83. The van der Waals surface area contributed by atoms with Crippen LogP contribution in [0.15, 0.2) is 24.3 Å². The van der Waals surface area contributed by atoms with Crippen molar-refractivity contribution in [2.24, 2.45) is 0 Å². The third kappa shape index (κ3) is 2.70. The van der Waals surface area contributed by atoms with E-state index in [2.05, 4.69) is 10.6 Å². The number of para-hydroxylation sites is 1. The molecule has 1 fully saturated rings. The van der Waals surface area contributed by atoms with Crippen LogP contribution in [0.3, 0.4) is 0 Å². The molecule has 0 saturated heterocycles. The maximum Gasteiger partial charge on any atom is 0.329 e. The summed E-state index contributed by atoms with van der Waals surface area (Å²) in [5.74, 6) is -0.960. The van der Waals surface area contributed by atoms with Crippen LogP contribution in [-0.4, -0.2) is 22.6 Å². The molecule has 1 aliphatic carbocycles. The Morgan fingerprint density at radius 2 is 2.00 bits per heavy atom. The lowest BCUT2D eigenvalue weighted by molar-refractivity contribution is -0.148. The Kier molecular flexibility index (Phi) is 3.74. The summed E-state index contributed by atoms with van der Waals surface area (Å²) in [6, 6.07) is 7.04. The van der Waals surface area contributed by atoms with Crippen LogP contribution < -0.4 is 10.6 Å². The standard InChI is InChI=1S/C14H18N2O3/c1-2-10-6-3-4-7-11(10)15-13(19)16-14(12(17)18)8-5-9-14/h3-4,6-7H,2,5,8-9H2,1H3,(H,17,18)(H2,15,16,19). The molecule has 1 saturated carbocycles. The van der Waals surface area contributed by atoms with Gasteiger partial charge >= 0.3 is 12.0 Å². The molecule has 2 rings (SSSR count). The van der Waals surface area contributed by atoms with Crippen molar-refractivity contribution in [1.82, 2.24) is 5.32 Å². The molecule has 102 valence electrons. The molecule has 0 unspecified atom stereocenters. The average molecular weight is 262 g/mol. The molecule has 3 N–H and O–H groups in total. The largest absolute Gasteiger partial charge is 0.480 e. The zero-order valence-corrected chi connectivity index (χ0v) is 10.9. The van der Waals surface area contributed by atoms with E-state index in [4.69, 9.17) is 5.11 Å². The highest BCUT2D eigenvalue weighted by Gasteiger charge is 2.45. The Hall–Kier alpha value is -2.04. The summed E-state index contributed by atoms with van der Waals surface area (Å²) >= 11 is 0. The molecule has 1 aromatic rings. The number of aliphatic carboxylic acids is 1. The van der Waals surface area contributed by atoms with E-state index in [1.54, 1.807) is 0 Å². The molecule has 0 spiro atoms. The Morgan fingerprint density at radius 1 is 1.32 bits per heavy atom. The number of carbonyl (C=O) groups excluding carboxylic acids is 1. The number of hydrogen-bond donors (Lipinski definition) is 3. The second kappa shape index (κ2) is 5.30. The third-order valence-corrected chi connectivity index (χ3v) is 3.62. The number of rotatable bonds is 4. The Balaban J connectivity index is 2.03. The van der Waals surface area contributed by atoms with E-state index >= 15 is 0 Å². The monoisotopic (exact) mass is 262 g/mol. The van der Waals surface area contributed by atoms with Crippen LogP contribution >= 0.6 is 0 Å². The number of hydrogen-bond acceptors (Lipinski definition) is 2. The molecule has 0 heterocycles. The molecule has 1 aliphatic rings. The van der Waals surface area contributed by atoms with Crippen molar-refractivity contribution in [3.05, 3.63) is 29.8 Å². The van der Waals surface area contributed by atoms with E-state index in [9.17, 15) is 9.59 Å². The molecule has 0 aliphatic heterocycles. The third-order valence-electron chi connectivity index (χ3n) is 3.62. The van der Waals surface area contributed by atoms with Crippen LogP contribution in [0.2, 0.25) is 0 Å². The lowest BCUT2D eigenvalue weighted by atomic mass is 9.77. The fraction of sp³-hybridized carbons (Fsp3) is 0.429. The molecular formula is C14H18N2O3. The number of carboxylic acids is 1. The Labute approximate surface area is 112 Å². The van der Waals surface area contributed by atoms with Gasteiger partial charge in [0.2, 0.25) is 0 Å². The molecule has 19 heavy (non-hydrogen) atoms. The van der Waals surface area contributed by atoms with Crippen molar-refractivity contribution in [2.45, 2.75) is 38.1 Å². The summed E-state index contributed by atoms with van der Waals surface area (Å²) in [7, 11) is 0. The molecule has 0 aromatic heterocycles. The first-order chi connectivity index (χ1) is 9.07. The van der Waals surface area contributed by atoms with Gasteiger partial charge in [0.05, 0.1) is 0 Å². The number of carbonyl (C=O) groups is 2. The summed E-state index contributed by atoms with van der Waals surface area (Å²) in [4.78, 5) is 23.1. The smallest absolute Gasteiger partial charge is 0.329 e. The summed E-state index contributed by atoms with van der Waals surface area (Å²) in [5, 5.41) is 14.5. The first-order valence-electron chi connectivity index (χ1n) is 6.48. The SMILES string of the molecule is CCc1ccccc1NC(=O)NC1(C(=O)O)CCC1. The number of urea groups is 1. The van der Waals surface area contributed by atoms with Gasteiger partial charge in [-0.05, 0) is 37.3 Å². The van der Waals surface area contributed by atoms with Crippen molar-refractivity contribution in [2.75, 3.05) is 5.32 Å². The lowest BCUT2D eigenvalue weighted by Gasteiger charge is -2.38. The van der Waals surface area contributed by atoms with Crippen molar-refractivity contribution >= 4 is 17.7 Å². The minimum atomic E-state index is -1.08. The quantitative estimate of drug-likeness (QED) is 0.779. The van der Waals surface area contributed by atoms with E-state index < -0.39 is 17.5 Å². The summed E-state index contributed by atoms with van der Waals surface area (Å²) in [6.07, 6.45) is 2.62. The Morgan fingerprint density at radius 3 is 2.53 bits per heavy atom. The van der Waals surface area contributed by atoms with Gasteiger partial charge in [-0.15, -0.1) is 0 Å². The van der Waals surface area contributed by atoms with E-state index in [1.165, 1.54) is 0 Å². The van der Waals surface area contributed by atoms with Gasteiger partial charge in [0, 0.05) is 5.69 Å². The lowest BCUT2D eigenvalue weighted by Crippen LogP contribution is -2.60. The van der Waals surface area contributed by atoms with Gasteiger partial charge in [0.1, 0.15) is 5.54 Å². The van der Waals surface area contributed by atoms with Gasteiger partial charge in [0.25, 0.3) is 0 Å². The van der Waals surface area contributed by atoms with Crippen LogP contribution in [-0.2, 0) is 11.2 Å². The van der Waals surface area contributed by atoms with Crippen LogP contribution in [0.4, 0.5) is 10.5 Å². The van der Waals surface area contributed by atoms with Gasteiger partial charge in [0.15, 0.2) is 0 Å². The zero-order valence-electron chi connectivity index (χ0n) is 10.9. The molecule has 1 aromatic carbocycles. The van der Waals surface area contributed by atoms with Gasteiger partial charge in [-0.25, -0.2) is 9.59 Å². The number of amides is 2. The number of anilines is 1. The van der Waals surface area contributed by atoms with E-state index in [0.717, 1.165) is 24.1 Å². The van der Waals surface area contributed by atoms with E-state index in [1.807, 2.05) is 31.2 Å². The van der Waals surface area contributed by atoms with Gasteiger partial charge in [-0.3, -0.25) is 0 Å². The maximum absolute atomic E-state index is 11.9. The van der Waals surface area contributed by atoms with Crippen LogP contribution in [0, 0.1) is 0 Å². The number of benzene rings is 1. The molecule has 5 nitrogen and oxygen atoms in total. The molecule has 0 bridgehead atoms. The minimum Gasteiger partial charge on any atom is -0.480 e. The maximum atomic E-state index is 11.9. The summed E-state index contributed by atoms with van der Waals surface area (Å²) < 4.78 is 0. The van der Waals surface area contributed by atoms with Crippen LogP contribution in [0.5, 0.6) is 0 Å². The zero-order chi connectivity index (χ0) is 13.9. The van der Waals surface area contributed by atoms with E-state index in [0.29, 0.717) is 12.8 Å². The molecule has 5 heteroatoms. The molecule has 2 amide bonds. The van der Waals surface area contributed by atoms with Gasteiger partial charge < -0.3 is 15.7 Å². The molecule has 0 radical (unpaired) electrons. The fourth-order valence-corrected chi connectivity index (χ4v) is 2.24. The normalized spacial score (nSPS) is 16.3. The highest BCUT2D eigenvalue weighted by molar-refractivity contribution is 5.94. The van der Waals surface area contributed by atoms with Crippen molar-refractivity contribution < 1.29 is 14.7 Å². The Bertz CT molecular complexity index is 495. The summed E-state index contributed by atoms with van der Waals surface area (Å²) in [5.41, 5.74) is 0.670. The average Bonchev–Trinajstić information content (AvgIpc) is 2.34. The van der Waals surface area contributed by atoms with Gasteiger partial charge in [-0.2, -0.15) is 0 Å².